The summed E-state index contributed by atoms with van der Waals surface area (Å²) in [6.07, 6.45) is 2.69. The Morgan fingerprint density at radius 3 is 3.00 bits per heavy atom. The normalized spacial score (nSPS) is 13.5. The lowest BCUT2D eigenvalue weighted by Gasteiger charge is -2.25. The molecule has 0 bridgehead atoms. The zero-order valence-electron chi connectivity index (χ0n) is 8.10. The summed E-state index contributed by atoms with van der Waals surface area (Å²) in [5.41, 5.74) is 7.53. The van der Waals surface area contributed by atoms with Crippen molar-refractivity contribution in [2.45, 2.75) is 13.0 Å². The van der Waals surface area contributed by atoms with Gasteiger partial charge in [0.1, 0.15) is 0 Å². The fraction of sp³-hybridized carbons (Fsp3) is 0.500. The third-order valence-corrected chi connectivity index (χ3v) is 2.33. The van der Waals surface area contributed by atoms with Crippen molar-refractivity contribution in [1.82, 2.24) is 15.1 Å². The van der Waals surface area contributed by atoms with Crippen LogP contribution in [-0.4, -0.2) is 34.1 Å². The number of halogens is 2. The number of H-pyrrole nitrogens is 1. The number of rotatable bonds is 1. The molecule has 0 aliphatic carbocycles. The Labute approximate surface area is 100 Å². The van der Waals surface area contributed by atoms with Crippen molar-refractivity contribution in [3.63, 3.8) is 0 Å². The number of aromatic amines is 1. The molecule has 1 aromatic rings. The van der Waals surface area contributed by atoms with Crippen molar-refractivity contribution in [2.24, 2.45) is 5.73 Å². The van der Waals surface area contributed by atoms with Crippen LogP contribution >= 0.6 is 24.8 Å². The lowest BCUT2D eigenvalue weighted by atomic mass is 10.1. The van der Waals surface area contributed by atoms with E-state index in [4.69, 9.17) is 5.73 Å². The summed E-state index contributed by atoms with van der Waals surface area (Å²) in [5, 5.41) is 6.81. The second-order valence-electron chi connectivity index (χ2n) is 3.14. The highest BCUT2D eigenvalue weighted by molar-refractivity contribution is 5.85. The molecule has 1 aliphatic rings. The van der Waals surface area contributed by atoms with Crippen molar-refractivity contribution in [2.75, 3.05) is 13.1 Å². The Morgan fingerprint density at radius 2 is 2.33 bits per heavy atom. The maximum absolute atomic E-state index is 11.3. The topological polar surface area (TPSA) is 75.0 Å². The summed E-state index contributed by atoms with van der Waals surface area (Å²) in [7, 11) is 0. The smallest absolute Gasteiger partial charge is 0.236 e. The number of nitrogens with one attached hydrogen (secondary N) is 1. The molecule has 2 heterocycles. The van der Waals surface area contributed by atoms with E-state index in [0.29, 0.717) is 6.54 Å². The van der Waals surface area contributed by atoms with Crippen LogP contribution < -0.4 is 5.73 Å². The van der Waals surface area contributed by atoms with Crippen LogP contribution in [0.15, 0.2) is 6.20 Å². The predicted molar refractivity (Wildman–Crippen MR) is 61.3 cm³/mol. The highest BCUT2D eigenvalue weighted by atomic mass is 35.5. The second-order valence-corrected chi connectivity index (χ2v) is 3.14. The first-order chi connectivity index (χ1) is 6.31. The molecule has 0 atom stereocenters. The van der Waals surface area contributed by atoms with Gasteiger partial charge < -0.3 is 10.6 Å². The minimum atomic E-state index is 0. The van der Waals surface area contributed by atoms with Gasteiger partial charge in [-0.2, -0.15) is 5.10 Å². The molecule has 86 valence electrons. The molecule has 3 N–H and O–H groups in total. The van der Waals surface area contributed by atoms with E-state index in [-0.39, 0.29) is 37.3 Å². The fourth-order valence-corrected chi connectivity index (χ4v) is 1.56. The number of nitrogens with zero attached hydrogens (tertiary/aromatic N) is 2. The maximum atomic E-state index is 11.3. The molecule has 2 rings (SSSR count). The van der Waals surface area contributed by atoms with Gasteiger partial charge in [0.2, 0.25) is 5.91 Å². The molecule has 1 aromatic heterocycles. The lowest BCUT2D eigenvalue weighted by molar-refractivity contribution is -0.130. The third kappa shape index (κ3) is 2.84. The molecule has 0 saturated heterocycles. The summed E-state index contributed by atoms with van der Waals surface area (Å²) < 4.78 is 0. The molecule has 0 unspecified atom stereocenters. The van der Waals surface area contributed by atoms with Crippen LogP contribution in [-0.2, 0) is 17.8 Å². The van der Waals surface area contributed by atoms with Gasteiger partial charge in [-0.1, -0.05) is 0 Å². The molecule has 0 aromatic carbocycles. The number of aromatic nitrogens is 2. The zero-order valence-corrected chi connectivity index (χ0v) is 9.74. The molecular weight excluding hydrogens is 239 g/mol. The zero-order chi connectivity index (χ0) is 9.26. The highest BCUT2D eigenvalue weighted by Crippen LogP contribution is 2.15. The predicted octanol–water partition coefficient (Wildman–Crippen LogP) is 0.0967. The van der Waals surface area contributed by atoms with Gasteiger partial charge in [0.05, 0.1) is 25.0 Å². The lowest BCUT2D eigenvalue weighted by Crippen LogP contribution is -2.39. The van der Waals surface area contributed by atoms with Gasteiger partial charge in [0.15, 0.2) is 0 Å². The van der Waals surface area contributed by atoms with Crippen LogP contribution in [0.3, 0.4) is 0 Å². The summed E-state index contributed by atoms with van der Waals surface area (Å²) >= 11 is 0. The van der Waals surface area contributed by atoms with Crippen LogP contribution in [0.25, 0.3) is 0 Å². The minimum Gasteiger partial charge on any atom is -0.335 e. The molecule has 0 spiro atoms. The van der Waals surface area contributed by atoms with Crippen molar-refractivity contribution in [3.05, 3.63) is 17.5 Å². The molecule has 7 heteroatoms. The van der Waals surface area contributed by atoms with Crippen molar-refractivity contribution in [1.29, 1.82) is 0 Å². The van der Waals surface area contributed by atoms with E-state index in [1.54, 1.807) is 4.90 Å². The molecule has 5 nitrogen and oxygen atoms in total. The minimum absolute atomic E-state index is 0. The molecule has 1 aliphatic heterocycles. The van der Waals surface area contributed by atoms with Gasteiger partial charge in [-0.05, 0) is 12.0 Å². The number of amides is 1. The Hall–Kier alpha value is -0.780. The first-order valence-electron chi connectivity index (χ1n) is 4.30. The van der Waals surface area contributed by atoms with Gasteiger partial charge in [-0.25, -0.2) is 0 Å². The Morgan fingerprint density at radius 1 is 1.60 bits per heavy atom. The highest BCUT2D eigenvalue weighted by Gasteiger charge is 2.20. The molecule has 0 fully saturated rings. The quantitative estimate of drug-likeness (QED) is 0.745. The van der Waals surface area contributed by atoms with E-state index < -0.39 is 0 Å². The van der Waals surface area contributed by atoms with E-state index in [1.165, 1.54) is 5.56 Å². The number of carbonyl (C=O) groups excluding carboxylic acids is 1. The monoisotopic (exact) mass is 252 g/mol. The third-order valence-electron chi connectivity index (χ3n) is 2.33. The van der Waals surface area contributed by atoms with Gasteiger partial charge in [0, 0.05) is 6.54 Å². The standard InChI is InChI=1S/C8H12N4O.2ClH/c9-3-8(13)12-2-1-6-4-10-11-7(6)5-12;;/h4H,1-3,5,9H2,(H,10,11);2*1H. The summed E-state index contributed by atoms with van der Waals surface area (Å²) in [6.45, 7) is 1.46. The maximum Gasteiger partial charge on any atom is 0.236 e. The van der Waals surface area contributed by atoms with Crippen LogP contribution in [0.1, 0.15) is 11.3 Å². The molecule has 15 heavy (non-hydrogen) atoms. The molecule has 1 amide bonds. The SMILES string of the molecule is Cl.Cl.NCC(=O)N1CCc2cn[nH]c2C1. The van der Waals surface area contributed by atoms with Crippen LogP contribution in [0.5, 0.6) is 0 Å². The average Bonchev–Trinajstić information content (AvgIpc) is 2.63. The molecule has 0 radical (unpaired) electrons. The number of hydrogen-bond acceptors (Lipinski definition) is 3. The van der Waals surface area contributed by atoms with E-state index in [0.717, 1.165) is 18.7 Å². The van der Waals surface area contributed by atoms with Crippen molar-refractivity contribution < 1.29 is 4.79 Å². The number of hydrogen-bond donors (Lipinski definition) is 2. The van der Waals surface area contributed by atoms with E-state index >= 15 is 0 Å². The van der Waals surface area contributed by atoms with Crippen LogP contribution in [0.4, 0.5) is 0 Å². The Balaban J connectivity index is 0.000000980. The van der Waals surface area contributed by atoms with Gasteiger partial charge in [0.25, 0.3) is 0 Å². The first kappa shape index (κ1) is 14.2. The first-order valence-corrected chi connectivity index (χ1v) is 4.30. The van der Waals surface area contributed by atoms with Gasteiger partial charge >= 0.3 is 0 Å². The van der Waals surface area contributed by atoms with Crippen LogP contribution in [0, 0.1) is 0 Å². The van der Waals surface area contributed by atoms with Gasteiger partial charge in [-0.15, -0.1) is 24.8 Å². The van der Waals surface area contributed by atoms with Crippen LogP contribution in [0.2, 0.25) is 0 Å². The van der Waals surface area contributed by atoms with Crippen molar-refractivity contribution in [3.8, 4) is 0 Å². The number of carbonyl (C=O) groups is 1. The van der Waals surface area contributed by atoms with Gasteiger partial charge in [-0.3, -0.25) is 9.89 Å². The summed E-state index contributed by atoms with van der Waals surface area (Å²) in [5.74, 6) is 0.000231. The summed E-state index contributed by atoms with van der Waals surface area (Å²) in [6, 6.07) is 0. The molecular formula is C8H14Cl2N4O. The molecule has 0 saturated carbocycles. The average molecular weight is 253 g/mol. The van der Waals surface area contributed by atoms with E-state index in [9.17, 15) is 4.79 Å². The fourth-order valence-electron chi connectivity index (χ4n) is 1.56. The Bertz CT molecular complexity index is 328. The number of fused-ring (bicyclic) bond motifs is 1. The largest absolute Gasteiger partial charge is 0.335 e. The second kappa shape index (κ2) is 5.95. The number of nitrogens with two attached hydrogens (primary N) is 1. The summed E-state index contributed by atoms with van der Waals surface area (Å²) in [4.78, 5) is 13.0. The van der Waals surface area contributed by atoms with Crippen molar-refractivity contribution >= 4 is 30.7 Å². The van der Waals surface area contributed by atoms with E-state index in [1.807, 2.05) is 6.20 Å². The van der Waals surface area contributed by atoms with E-state index in [2.05, 4.69) is 10.2 Å². The Kier molecular flexibility index (Phi) is 5.64.